The van der Waals surface area contributed by atoms with Crippen LogP contribution >= 0.6 is 0 Å². The van der Waals surface area contributed by atoms with Crippen LogP contribution in [-0.4, -0.2) is 0 Å². The molecule has 9 aromatic rings. The fourth-order valence-electron chi connectivity index (χ4n) is 8.43. The molecule has 0 atom stereocenters. The third-order valence-corrected chi connectivity index (χ3v) is 10.5. The Bertz CT molecular complexity index is 2650. The maximum Gasteiger partial charge on any atom is 0.135 e. The number of rotatable bonds is 6. The van der Waals surface area contributed by atoms with Gasteiger partial charge in [0, 0.05) is 27.8 Å². The Hall–Kier alpha value is -6.64. The smallest absolute Gasteiger partial charge is 0.135 e. The van der Waals surface area contributed by atoms with Gasteiger partial charge in [0.05, 0.1) is 5.41 Å². The summed E-state index contributed by atoms with van der Waals surface area (Å²) in [5.74, 6) is 0. The number of para-hydroxylation sites is 1. The van der Waals surface area contributed by atoms with Gasteiger partial charge < -0.3 is 9.32 Å². The van der Waals surface area contributed by atoms with Crippen molar-refractivity contribution in [1.29, 1.82) is 0 Å². The molecule has 51 heavy (non-hydrogen) atoms. The molecule has 2 heteroatoms. The molecule has 240 valence electrons. The minimum Gasteiger partial charge on any atom is -0.456 e. The van der Waals surface area contributed by atoms with Gasteiger partial charge in [0.1, 0.15) is 11.2 Å². The van der Waals surface area contributed by atoms with Gasteiger partial charge in [-0.15, -0.1) is 0 Å². The van der Waals surface area contributed by atoms with Crippen LogP contribution in [0.4, 0.5) is 17.1 Å². The first kappa shape index (κ1) is 29.3. The van der Waals surface area contributed by atoms with Crippen molar-refractivity contribution >= 4 is 39.0 Å². The summed E-state index contributed by atoms with van der Waals surface area (Å²) in [5.41, 5.74) is 14.4. The van der Waals surface area contributed by atoms with Crippen molar-refractivity contribution in [2.24, 2.45) is 0 Å². The van der Waals surface area contributed by atoms with E-state index in [1.807, 2.05) is 0 Å². The van der Waals surface area contributed by atoms with Gasteiger partial charge in [-0.3, -0.25) is 0 Å². The number of fused-ring (bicyclic) bond motifs is 6. The molecule has 10 rings (SSSR count). The van der Waals surface area contributed by atoms with Gasteiger partial charge in [0.15, 0.2) is 0 Å². The van der Waals surface area contributed by atoms with E-state index in [2.05, 4.69) is 205 Å². The monoisotopic (exact) mass is 651 g/mol. The summed E-state index contributed by atoms with van der Waals surface area (Å²) in [6, 6.07) is 72.0. The second kappa shape index (κ2) is 11.8. The van der Waals surface area contributed by atoms with Crippen molar-refractivity contribution in [3.05, 3.63) is 222 Å². The predicted molar refractivity (Wildman–Crippen MR) is 211 cm³/mol. The van der Waals surface area contributed by atoms with Crippen LogP contribution in [0.1, 0.15) is 22.3 Å². The van der Waals surface area contributed by atoms with Crippen molar-refractivity contribution in [2.75, 3.05) is 4.90 Å². The zero-order chi connectivity index (χ0) is 33.8. The Morgan fingerprint density at radius 2 is 0.922 bits per heavy atom. The minimum atomic E-state index is -0.538. The molecule has 0 amide bonds. The van der Waals surface area contributed by atoms with E-state index in [1.165, 1.54) is 44.5 Å². The lowest BCUT2D eigenvalue weighted by molar-refractivity contribution is 0.667. The molecular formula is C49H33NO. The van der Waals surface area contributed by atoms with Crippen molar-refractivity contribution in [2.45, 2.75) is 5.41 Å². The lowest BCUT2D eigenvalue weighted by Gasteiger charge is -2.34. The van der Waals surface area contributed by atoms with Crippen molar-refractivity contribution in [3.63, 3.8) is 0 Å². The van der Waals surface area contributed by atoms with Crippen LogP contribution in [0.2, 0.25) is 0 Å². The second-order valence-corrected chi connectivity index (χ2v) is 13.3. The number of anilines is 3. The Balaban J connectivity index is 1.25. The topological polar surface area (TPSA) is 16.4 Å². The molecule has 1 aliphatic carbocycles. The van der Waals surface area contributed by atoms with E-state index in [9.17, 15) is 0 Å². The highest BCUT2D eigenvalue weighted by Gasteiger charge is 2.47. The first-order chi connectivity index (χ1) is 25.3. The minimum absolute atomic E-state index is 0.538. The third kappa shape index (κ3) is 4.50. The molecule has 0 aliphatic heterocycles. The number of hydrogen-bond donors (Lipinski definition) is 0. The van der Waals surface area contributed by atoms with E-state index in [-0.39, 0.29) is 0 Å². The molecule has 0 radical (unpaired) electrons. The van der Waals surface area contributed by atoms with Crippen LogP contribution in [-0.2, 0) is 5.41 Å². The van der Waals surface area contributed by atoms with E-state index >= 15 is 0 Å². The van der Waals surface area contributed by atoms with E-state index in [0.717, 1.165) is 39.0 Å². The fourth-order valence-corrected chi connectivity index (χ4v) is 8.43. The number of furan rings is 1. The van der Waals surface area contributed by atoms with Crippen LogP contribution in [0, 0.1) is 0 Å². The lowest BCUT2D eigenvalue weighted by atomic mass is 9.66. The van der Waals surface area contributed by atoms with Gasteiger partial charge in [-0.2, -0.15) is 0 Å². The van der Waals surface area contributed by atoms with Crippen LogP contribution in [0.15, 0.2) is 205 Å². The lowest BCUT2D eigenvalue weighted by Crippen LogP contribution is -2.28. The predicted octanol–water partition coefficient (Wildman–Crippen LogP) is 13.1. The molecule has 0 bridgehead atoms. The fraction of sp³-hybridized carbons (Fsp3) is 0.0204. The van der Waals surface area contributed by atoms with Gasteiger partial charge in [-0.1, -0.05) is 152 Å². The van der Waals surface area contributed by atoms with Gasteiger partial charge in [-0.05, 0) is 93.0 Å². The molecule has 0 fully saturated rings. The summed E-state index contributed by atoms with van der Waals surface area (Å²) in [6.45, 7) is 0. The maximum absolute atomic E-state index is 6.71. The summed E-state index contributed by atoms with van der Waals surface area (Å²) in [4.78, 5) is 2.35. The molecule has 0 unspecified atom stereocenters. The first-order valence-corrected chi connectivity index (χ1v) is 17.5. The Morgan fingerprint density at radius 1 is 0.373 bits per heavy atom. The number of nitrogens with zero attached hydrogens (tertiary/aromatic N) is 1. The Kier molecular flexibility index (Phi) is 6.75. The van der Waals surface area contributed by atoms with Crippen LogP contribution in [0.3, 0.4) is 0 Å². The first-order valence-electron chi connectivity index (χ1n) is 17.5. The molecule has 1 aromatic heterocycles. The van der Waals surface area contributed by atoms with Gasteiger partial charge in [0.2, 0.25) is 0 Å². The molecule has 0 saturated carbocycles. The third-order valence-electron chi connectivity index (χ3n) is 10.5. The van der Waals surface area contributed by atoms with Crippen molar-refractivity contribution in [3.8, 4) is 22.3 Å². The van der Waals surface area contributed by atoms with E-state index in [0.29, 0.717) is 0 Å². The summed E-state index contributed by atoms with van der Waals surface area (Å²) < 4.78 is 6.71. The van der Waals surface area contributed by atoms with Crippen LogP contribution in [0.5, 0.6) is 0 Å². The quantitative estimate of drug-likeness (QED) is 0.178. The van der Waals surface area contributed by atoms with Gasteiger partial charge in [-0.25, -0.2) is 0 Å². The highest BCUT2D eigenvalue weighted by atomic mass is 16.3. The zero-order valence-electron chi connectivity index (χ0n) is 27.9. The summed E-state index contributed by atoms with van der Waals surface area (Å²) >= 11 is 0. The highest BCUT2D eigenvalue weighted by Crippen LogP contribution is 2.58. The molecule has 1 heterocycles. The average molecular weight is 652 g/mol. The number of hydrogen-bond acceptors (Lipinski definition) is 2. The molecule has 2 nitrogen and oxygen atoms in total. The van der Waals surface area contributed by atoms with Crippen molar-refractivity contribution in [1.82, 2.24) is 0 Å². The number of benzene rings is 8. The van der Waals surface area contributed by atoms with Gasteiger partial charge in [0.25, 0.3) is 0 Å². The summed E-state index contributed by atoms with van der Waals surface area (Å²) in [7, 11) is 0. The van der Waals surface area contributed by atoms with E-state index in [4.69, 9.17) is 4.42 Å². The molecule has 8 aromatic carbocycles. The largest absolute Gasteiger partial charge is 0.456 e. The van der Waals surface area contributed by atoms with Crippen molar-refractivity contribution < 1.29 is 4.42 Å². The highest BCUT2D eigenvalue weighted by molar-refractivity contribution is 6.10. The normalized spacial score (nSPS) is 12.9. The molecular weight excluding hydrogens is 619 g/mol. The Labute approximate surface area is 297 Å². The standard InChI is InChI=1S/C49H33NO/c1-4-16-34(17-5-1)35-18-14-23-38(32-35)50(37-21-8-3-9-22-37)39-30-31-46-42(33-39)48-45(28-15-29-47(48)51-46)49(36-19-6-2-7-20-36)43-26-12-10-24-40(43)41-25-11-13-27-44(41)49/h1-33H. The molecule has 0 saturated heterocycles. The SMILES string of the molecule is c1ccc(-c2cccc(N(c3ccccc3)c3ccc4oc5cccc(C6(c7ccccc7)c7ccccc7-c7ccccc76)c5c4c3)c2)cc1. The summed E-state index contributed by atoms with van der Waals surface area (Å²) in [6.07, 6.45) is 0. The van der Waals surface area contributed by atoms with Gasteiger partial charge >= 0.3 is 0 Å². The van der Waals surface area contributed by atoms with E-state index < -0.39 is 5.41 Å². The summed E-state index contributed by atoms with van der Waals surface area (Å²) in [5, 5.41) is 2.23. The van der Waals surface area contributed by atoms with Crippen LogP contribution < -0.4 is 4.90 Å². The zero-order valence-corrected chi connectivity index (χ0v) is 27.9. The molecule has 0 N–H and O–H groups in total. The molecule has 0 spiro atoms. The molecule has 1 aliphatic rings. The average Bonchev–Trinajstić information content (AvgIpc) is 3.73. The van der Waals surface area contributed by atoms with Crippen LogP contribution in [0.25, 0.3) is 44.2 Å². The Morgan fingerprint density at radius 3 is 1.65 bits per heavy atom. The maximum atomic E-state index is 6.71. The second-order valence-electron chi connectivity index (χ2n) is 13.3. The van der Waals surface area contributed by atoms with E-state index in [1.54, 1.807) is 0 Å².